The van der Waals surface area contributed by atoms with Crippen molar-refractivity contribution in [2.75, 3.05) is 6.54 Å². The maximum atomic E-state index is 13.4. The molecule has 7 heteroatoms. The van der Waals surface area contributed by atoms with E-state index in [1.54, 1.807) is 34.7 Å². The Morgan fingerprint density at radius 1 is 1.10 bits per heavy atom. The minimum Gasteiger partial charge on any atom is -0.334 e. The van der Waals surface area contributed by atoms with Crippen LogP contribution >= 0.6 is 11.3 Å². The molecule has 0 spiro atoms. The Kier molecular flexibility index (Phi) is 5.74. The van der Waals surface area contributed by atoms with Gasteiger partial charge in [0.05, 0.1) is 4.88 Å². The number of benzene rings is 2. The van der Waals surface area contributed by atoms with Crippen molar-refractivity contribution in [3.63, 3.8) is 0 Å². The van der Waals surface area contributed by atoms with Crippen LogP contribution in [0.4, 0.5) is 4.39 Å². The Morgan fingerprint density at radius 2 is 1.83 bits per heavy atom. The summed E-state index contributed by atoms with van der Waals surface area (Å²) in [4.78, 5) is 28.4. The van der Waals surface area contributed by atoms with Crippen molar-refractivity contribution in [3.05, 3.63) is 92.9 Å². The Labute approximate surface area is 177 Å². The quantitative estimate of drug-likeness (QED) is 0.287. The smallest absolute Gasteiger partial charge is 0.284 e. The predicted molar refractivity (Wildman–Crippen MR) is 113 cm³/mol. The largest absolute Gasteiger partial charge is 0.334 e. The van der Waals surface area contributed by atoms with Crippen LogP contribution in [-0.4, -0.2) is 28.5 Å². The van der Waals surface area contributed by atoms with Crippen LogP contribution in [0.15, 0.2) is 60.7 Å². The first kappa shape index (κ1) is 20.0. The van der Waals surface area contributed by atoms with Gasteiger partial charge in [-0.15, -0.1) is 11.3 Å². The fraction of sp³-hybridized carbons (Fsp3) is 0.130. The van der Waals surface area contributed by atoms with E-state index in [0.717, 1.165) is 21.6 Å². The van der Waals surface area contributed by atoms with Crippen LogP contribution in [0.5, 0.6) is 0 Å². The molecule has 3 aromatic rings. The molecule has 1 aliphatic heterocycles. The van der Waals surface area contributed by atoms with Crippen molar-refractivity contribution in [1.82, 2.24) is 10.4 Å². The maximum Gasteiger partial charge on any atom is 0.284 e. The third-order valence-corrected chi connectivity index (χ3v) is 6.21. The number of nitrogens with one attached hydrogen (secondary N) is 1. The second-order valence-electron chi connectivity index (χ2n) is 6.95. The number of nitrogens with zero attached hydrogens (tertiary/aromatic N) is 1. The van der Waals surface area contributed by atoms with Crippen molar-refractivity contribution < 1.29 is 19.2 Å². The zero-order chi connectivity index (χ0) is 21.1. The first-order valence-electron chi connectivity index (χ1n) is 9.43. The Balaban J connectivity index is 1.65. The van der Waals surface area contributed by atoms with Crippen LogP contribution in [0.25, 0.3) is 11.6 Å². The van der Waals surface area contributed by atoms with Crippen molar-refractivity contribution in [2.24, 2.45) is 0 Å². The van der Waals surface area contributed by atoms with E-state index in [1.165, 1.54) is 23.5 Å². The summed E-state index contributed by atoms with van der Waals surface area (Å²) in [5.41, 5.74) is 4.60. The summed E-state index contributed by atoms with van der Waals surface area (Å²) in [5.74, 6) is -1.01. The van der Waals surface area contributed by atoms with Crippen molar-refractivity contribution in [3.8, 4) is 0 Å². The number of thiophene rings is 1. The van der Waals surface area contributed by atoms with Crippen molar-refractivity contribution in [1.29, 1.82) is 0 Å². The zero-order valence-electron chi connectivity index (χ0n) is 16.0. The molecule has 4 rings (SSSR count). The van der Waals surface area contributed by atoms with E-state index in [0.29, 0.717) is 30.0 Å². The van der Waals surface area contributed by atoms with Crippen LogP contribution in [0, 0.1) is 5.82 Å². The highest BCUT2D eigenvalue weighted by Gasteiger charge is 2.26. The topological polar surface area (TPSA) is 69.6 Å². The van der Waals surface area contributed by atoms with Crippen LogP contribution in [0.1, 0.15) is 31.2 Å². The molecule has 0 radical (unpaired) electrons. The molecule has 2 heterocycles. The van der Waals surface area contributed by atoms with Gasteiger partial charge in [0.25, 0.3) is 11.8 Å². The average Bonchev–Trinajstić information content (AvgIpc) is 3.22. The molecule has 0 bridgehead atoms. The molecule has 0 aliphatic carbocycles. The lowest BCUT2D eigenvalue weighted by molar-refractivity contribution is -0.125. The number of rotatable bonds is 4. The summed E-state index contributed by atoms with van der Waals surface area (Å²) in [6, 6.07) is 17.1. The molecular formula is C23H19FN2O3S. The highest BCUT2D eigenvalue weighted by atomic mass is 32.1. The van der Waals surface area contributed by atoms with Gasteiger partial charge in [-0.2, -0.15) is 0 Å². The molecule has 0 atom stereocenters. The van der Waals surface area contributed by atoms with Gasteiger partial charge in [0, 0.05) is 23.5 Å². The summed E-state index contributed by atoms with van der Waals surface area (Å²) in [6.45, 7) is 0.914. The highest BCUT2D eigenvalue weighted by Crippen LogP contribution is 2.30. The number of hydroxylamine groups is 1. The number of halogens is 1. The molecule has 152 valence electrons. The summed E-state index contributed by atoms with van der Waals surface area (Å²) < 4.78 is 13.3. The van der Waals surface area contributed by atoms with Gasteiger partial charge in [0.2, 0.25) is 0 Å². The molecule has 30 heavy (non-hydrogen) atoms. The number of carbonyl (C=O) groups is 2. The number of carbonyl (C=O) groups excluding carboxylic acids is 2. The van der Waals surface area contributed by atoms with E-state index in [2.05, 4.69) is 0 Å². The van der Waals surface area contributed by atoms with Crippen LogP contribution in [0.2, 0.25) is 0 Å². The summed E-state index contributed by atoms with van der Waals surface area (Å²) >= 11 is 1.33. The van der Waals surface area contributed by atoms with Gasteiger partial charge in [-0.1, -0.05) is 42.5 Å². The normalized spacial score (nSPS) is 13.7. The third-order valence-electron chi connectivity index (χ3n) is 4.98. The summed E-state index contributed by atoms with van der Waals surface area (Å²) in [7, 11) is 0. The van der Waals surface area contributed by atoms with Gasteiger partial charge in [0.15, 0.2) is 0 Å². The fourth-order valence-electron chi connectivity index (χ4n) is 3.46. The number of hydrogen-bond acceptors (Lipinski definition) is 4. The van der Waals surface area contributed by atoms with Crippen LogP contribution in [-0.2, 0) is 17.8 Å². The highest BCUT2D eigenvalue weighted by molar-refractivity contribution is 7.14. The molecule has 0 unspecified atom stereocenters. The molecule has 1 aliphatic rings. The fourth-order valence-corrected chi connectivity index (χ4v) is 4.51. The minimum atomic E-state index is -0.548. The average molecular weight is 422 g/mol. The van der Waals surface area contributed by atoms with E-state index < -0.39 is 5.91 Å². The van der Waals surface area contributed by atoms with E-state index in [4.69, 9.17) is 5.21 Å². The number of hydrogen-bond donors (Lipinski definition) is 2. The van der Waals surface area contributed by atoms with Crippen molar-refractivity contribution in [2.45, 2.75) is 13.0 Å². The Morgan fingerprint density at radius 3 is 2.53 bits per heavy atom. The second kappa shape index (κ2) is 8.61. The molecular weight excluding hydrogens is 403 g/mol. The van der Waals surface area contributed by atoms with Gasteiger partial charge in [-0.25, -0.2) is 9.87 Å². The van der Waals surface area contributed by atoms with E-state index in [9.17, 15) is 14.0 Å². The zero-order valence-corrected chi connectivity index (χ0v) is 16.8. The third kappa shape index (κ3) is 4.17. The second-order valence-corrected chi connectivity index (χ2v) is 8.09. The molecule has 5 nitrogen and oxygen atoms in total. The van der Waals surface area contributed by atoms with Gasteiger partial charge in [-0.3, -0.25) is 14.8 Å². The lowest BCUT2D eigenvalue weighted by Crippen LogP contribution is -2.35. The van der Waals surface area contributed by atoms with Gasteiger partial charge < -0.3 is 4.90 Å². The van der Waals surface area contributed by atoms with Crippen molar-refractivity contribution >= 4 is 34.8 Å². The Bertz CT molecular complexity index is 1110. The lowest BCUT2D eigenvalue weighted by Gasteiger charge is -2.28. The summed E-state index contributed by atoms with van der Waals surface area (Å²) in [6.07, 6.45) is 2.41. The van der Waals surface area contributed by atoms with E-state index in [1.807, 2.05) is 30.3 Å². The molecule has 2 aromatic carbocycles. The SMILES string of the molecule is O=C(NO)c1cc2c(s1)CCN(C(=O)C(=Cc1ccc(F)cc1)c1ccccc1)C2. The monoisotopic (exact) mass is 422 g/mol. The molecule has 0 fully saturated rings. The Hall–Kier alpha value is -3.29. The molecule has 2 N–H and O–H groups in total. The molecule has 0 saturated carbocycles. The molecule has 1 aromatic heterocycles. The maximum absolute atomic E-state index is 13.4. The lowest BCUT2D eigenvalue weighted by atomic mass is 10.00. The molecule has 0 saturated heterocycles. The van der Waals surface area contributed by atoms with Gasteiger partial charge in [-0.05, 0) is 47.4 Å². The molecule has 2 amide bonds. The van der Waals surface area contributed by atoms with Crippen LogP contribution in [0.3, 0.4) is 0 Å². The first-order chi connectivity index (χ1) is 14.5. The number of fused-ring (bicyclic) bond motifs is 1. The van der Waals surface area contributed by atoms with E-state index >= 15 is 0 Å². The van der Waals surface area contributed by atoms with E-state index in [-0.39, 0.29) is 11.7 Å². The summed E-state index contributed by atoms with van der Waals surface area (Å²) in [5, 5.41) is 8.86. The number of amides is 2. The van der Waals surface area contributed by atoms with Gasteiger partial charge >= 0.3 is 0 Å². The first-order valence-corrected chi connectivity index (χ1v) is 10.2. The minimum absolute atomic E-state index is 0.129. The predicted octanol–water partition coefficient (Wildman–Crippen LogP) is 4.13. The standard InChI is InChI=1S/C23H19FN2O3S/c24-18-8-6-15(7-9-18)12-19(16-4-2-1-3-5-16)23(28)26-11-10-20-17(14-26)13-21(30-20)22(27)25-29/h1-9,12-13,29H,10-11,14H2,(H,25,27). The van der Waals surface area contributed by atoms with Crippen LogP contribution < -0.4 is 5.48 Å². The van der Waals surface area contributed by atoms with Gasteiger partial charge in [0.1, 0.15) is 5.82 Å².